The number of ketones is 1. The van der Waals surface area contributed by atoms with Gasteiger partial charge in [-0.05, 0) is 19.3 Å². The van der Waals surface area contributed by atoms with Crippen LogP contribution in [-0.2, 0) is 9.59 Å². The van der Waals surface area contributed by atoms with Crippen LogP contribution in [0.4, 0.5) is 0 Å². The van der Waals surface area contributed by atoms with Gasteiger partial charge in [-0.1, -0.05) is 31.9 Å². The lowest BCUT2D eigenvalue weighted by Crippen LogP contribution is -2.15. The maximum atomic E-state index is 11.4. The quantitative estimate of drug-likeness (QED) is 0.495. The van der Waals surface area contributed by atoms with E-state index in [0.717, 1.165) is 39.0 Å². The van der Waals surface area contributed by atoms with Crippen LogP contribution < -0.4 is 0 Å². The number of carbonyl (C=O) groups excluding carboxylic acids is 1. The normalized spacial score (nSPS) is 25.0. The fourth-order valence-electron chi connectivity index (χ4n) is 2.35. The zero-order chi connectivity index (χ0) is 16.3. The van der Waals surface area contributed by atoms with Crippen LogP contribution in [0.25, 0.3) is 0 Å². The molecule has 3 atom stereocenters. The molecule has 1 aliphatic carbocycles. The van der Waals surface area contributed by atoms with Gasteiger partial charge >= 0.3 is 0 Å². The van der Waals surface area contributed by atoms with Crippen LogP contribution in [0, 0.1) is 11.8 Å². The Hall–Kier alpha value is -1.20. The van der Waals surface area contributed by atoms with Gasteiger partial charge in [-0.25, -0.2) is 0 Å². The van der Waals surface area contributed by atoms with Crippen molar-refractivity contribution in [3.8, 4) is 0 Å². The third-order valence-corrected chi connectivity index (χ3v) is 3.58. The van der Waals surface area contributed by atoms with Gasteiger partial charge in [0, 0.05) is 31.8 Å². The third kappa shape index (κ3) is 9.37. The molecule has 0 radical (unpaired) electrons. The Morgan fingerprint density at radius 2 is 1.86 bits per heavy atom. The molecule has 1 aliphatic rings. The van der Waals surface area contributed by atoms with Crippen molar-refractivity contribution in [1.29, 1.82) is 0 Å². The van der Waals surface area contributed by atoms with Crippen molar-refractivity contribution in [2.75, 3.05) is 6.61 Å². The number of rotatable bonds is 7. The van der Waals surface area contributed by atoms with Gasteiger partial charge < -0.3 is 15.3 Å². The molecule has 0 bridgehead atoms. The Morgan fingerprint density at radius 1 is 1.29 bits per heavy atom. The lowest BCUT2D eigenvalue weighted by Gasteiger charge is -2.12. The number of allylic oxidation sites excluding steroid dienone is 1. The smallest absolute Gasteiger partial charge is 0.300 e. The van der Waals surface area contributed by atoms with Gasteiger partial charge in [0.05, 0.1) is 6.10 Å². The molecule has 122 valence electrons. The van der Waals surface area contributed by atoms with Crippen molar-refractivity contribution >= 4 is 11.8 Å². The summed E-state index contributed by atoms with van der Waals surface area (Å²) in [6, 6.07) is 0. The van der Waals surface area contributed by atoms with E-state index in [4.69, 9.17) is 15.0 Å². The second kappa shape index (κ2) is 11.5. The lowest BCUT2D eigenvalue weighted by atomic mass is 9.95. The second-order valence-electron chi connectivity index (χ2n) is 5.48. The summed E-state index contributed by atoms with van der Waals surface area (Å²) >= 11 is 0. The van der Waals surface area contributed by atoms with Gasteiger partial charge in [-0.3, -0.25) is 9.59 Å². The Morgan fingerprint density at radius 3 is 2.33 bits per heavy atom. The van der Waals surface area contributed by atoms with Gasteiger partial charge in [-0.2, -0.15) is 0 Å². The maximum absolute atomic E-state index is 11.4. The SMILES string of the molecule is CC(=O)O.C[C@H]1C(=O)C[C@H](O)[C@@H]1/C=C/CCCCCCO. The molecule has 0 aromatic heterocycles. The van der Waals surface area contributed by atoms with E-state index in [1.807, 2.05) is 13.0 Å². The molecular formula is C16H28O5. The number of carboxylic acid groups (broad SMARTS) is 1. The topological polar surface area (TPSA) is 94.8 Å². The van der Waals surface area contributed by atoms with Crippen molar-refractivity contribution in [1.82, 2.24) is 0 Å². The monoisotopic (exact) mass is 300 g/mol. The average molecular weight is 300 g/mol. The van der Waals surface area contributed by atoms with E-state index in [1.165, 1.54) is 0 Å². The summed E-state index contributed by atoms with van der Waals surface area (Å²) in [5.41, 5.74) is 0. The fraction of sp³-hybridized carbons (Fsp3) is 0.750. The summed E-state index contributed by atoms with van der Waals surface area (Å²) in [6.07, 6.45) is 9.12. The Kier molecular flexibility index (Phi) is 10.8. The molecule has 0 saturated heterocycles. The molecule has 0 heterocycles. The summed E-state index contributed by atoms with van der Waals surface area (Å²) in [7, 11) is 0. The minimum atomic E-state index is -0.833. The van der Waals surface area contributed by atoms with Crippen LogP contribution in [0.1, 0.15) is 52.4 Å². The Bertz CT molecular complexity index is 334. The third-order valence-electron chi connectivity index (χ3n) is 3.58. The molecular weight excluding hydrogens is 272 g/mol. The molecule has 0 aromatic rings. The van der Waals surface area contributed by atoms with E-state index in [9.17, 15) is 9.90 Å². The van der Waals surface area contributed by atoms with E-state index in [2.05, 4.69) is 6.08 Å². The van der Waals surface area contributed by atoms with Gasteiger partial charge in [0.25, 0.3) is 5.97 Å². The molecule has 0 aromatic carbocycles. The van der Waals surface area contributed by atoms with Crippen LogP contribution in [0.2, 0.25) is 0 Å². The van der Waals surface area contributed by atoms with Crippen LogP contribution >= 0.6 is 0 Å². The highest BCUT2D eigenvalue weighted by Crippen LogP contribution is 2.30. The summed E-state index contributed by atoms with van der Waals surface area (Å²) < 4.78 is 0. The van der Waals surface area contributed by atoms with Crippen LogP contribution in [0.15, 0.2) is 12.2 Å². The molecule has 1 rings (SSSR count). The van der Waals surface area contributed by atoms with Crippen molar-refractivity contribution in [2.45, 2.75) is 58.5 Å². The number of Topliss-reactive ketones (excluding diaryl/α,β-unsaturated/α-hetero) is 1. The first-order valence-corrected chi connectivity index (χ1v) is 7.58. The molecule has 5 heteroatoms. The first kappa shape index (κ1) is 19.8. The average Bonchev–Trinajstić information content (AvgIpc) is 2.63. The van der Waals surface area contributed by atoms with Gasteiger partial charge in [0.15, 0.2) is 0 Å². The molecule has 0 unspecified atom stereocenters. The van der Waals surface area contributed by atoms with Crippen LogP contribution in [0.3, 0.4) is 0 Å². The van der Waals surface area contributed by atoms with E-state index in [1.54, 1.807) is 0 Å². The molecule has 0 aliphatic heterocycles. The zero-order valence-corrected chi connectivity index (χ0v) is 13.0. The minimum absolute atomic E-state index is 0.0138. The number of aliphatic hydroxyl groups excluding tert-OH is 2. The van der Waals surface area contributed by atoms with Crippen molar-refractivity contribution < 1.29 is 24.9 Å². The number of hydrogen-bond acceptors (Lipinski definition) is 4. The van der Waals surface area contributed by atoms with Crippen molar-refractivity contribution in [2.24, 2.45) is 11.8 Å². The van der Waals surface area contributed by atoms with Crippen LogP contribution in [0.5, 0.6) is 0 Å². The molecule has 21 heavy (non-hydrogen) atoms. The molecule has 1 fully saturated rings. The first-order chi connectivity index (χ1) is 9.90. The number of aliphatic carboxylic acids is 1. The number of carboxylic acids is 1. The summed E-state index contributed by atoms with van der Waals surface area (Å²) in [4.78, 5) is 20.4. The second-order valence-corrected chi connectivity index (χ2v) is 5.48. The standard InChI is InChI=1S/C14H24O3.C2H4O2/c1-11-12(14(17)10-13(11)16)8-6-4-2-3-5-7-9-15;1-2(3)4/h6,8,11-12,14-15,17H,2-5,7,9-10H2,1H3;1H3,(H,3,4)/b8-6+;/t11-,12-,14+;/m1./s1. The molecule has 5 nitrogen and oxygen atoms in total. The predicted molar refractivity (Wildman–Crippen MR) is 80.9 cm³/mol. The molecule has 1 saturated carbocycles. The molecule has 0 amide bonds. The fourth-order valence-corrected chi connectivity index (χ4v) is 2.35. The number of carbonyl (C=O) groups is 2. The Labute approximate surface area is 126 Å². The lowest BCUT2D eigenvalue weighted by molar-refractivity contribution is -0.134. The maximum Gasteiger partial charge on any atom is 0.300 e. The summed E-state index contributed by atoms with van der Waals surface area (Å²) in [5, 5.41) is 25.7. The van der Waals surface area contributed by atoms with E-state index in [-0.39, 0.29) is 24.2 Å². The predicted octanol–water partition coefficient (Wildman–Crippen LogP) is 2.16. The van der Waals surface area contributed by atoms with Gasteiger partial charge in [0.2, 0.25) is 0 Å². The number of unbranched alkanes of at least 4 members (excludes halogenated alkanes) is 4. The van der Waals surface area contributed by atoms with Gasteiger partial charge in [0.1, 0.15) is 5.78 Å². The zero-order valence-electron chi connectivity index (χ0n) is 13.0. The van der Waals surface area contributed by atoms with Gasteiger partial charge in [-0.15, -0.1) is 0 Å². The summed E-state index contributed by atoms with van der Waals surface area (Å²) in [6.45, 7) is 3.26. The van der Waals surface area contributed by atoms with Crippen LogP contribution in [-0.4, -0.2) is 39.8 Å². The van der Waals surface area contributed by atoms with E-state index >= 15 is 0 Å². The largest absolute Gasteiger partial charge is 0.481 e. The highest BCUT2D eigenvalue weighted by Gasteiger charge is 2.36. The first-order valence-electron chi connectivity index (χ1n) is 7.58. The summed E-state index contributed by atoms with van der Waals surface area (Å²) in [5.74, 6) is -0.675. The minimum Gasteiger partial charge on any atom is -0.481 e. The molecule has 0 spiro atoms. The highest BCUT2D eigenvalue weighted by molar-refractivity contribution is 5.84. The van der Waals surface area contributed by atoms with Crippen molar-refractivity contribution in [3.63, 3.8) is 0 Å². The number of aliphatic hydroxyl groups is 2. The molecule has 3 N–H and O–H groups in total. The van der Waals surface area contributed by atoms with Crippen molar-refractivity contribution in [3.05, 3.63) is 12.2 Å². The van der Waals surface area contributed by atoms with E-state index < -0.39 is 12.1 Å². The number of hydrogen-bond donors (Lipinski definition) is 3. The Balaban J connectivity index is 0.000000885. The van der Waals surface area contributed by atoms with E-state index in [0.29, 0.717) is 6.42 Å². The highest BCUT2D eigenvalue weighted by atomic mass is 16.4.